The number of pyridine rings is 1. The SMILES string of the molecule is CC(C)[C@H](c1nc(-c2cccc(Cl)c2)cn1Cc1ccccc1)N(CCCN)C(=O)c1ccncc1Cl. The molecule has 0 saturated heterocycles. The van der Waals surface area contributed by atoms with Gasteiger partial charge in [-0.3, -0.25) is 9.78 Å². The summed E-state index contributed by atoms with van der Waals surface area (Å²) in [6.45, 7) is 5.75. The van der Waals surface area contributed by atoms with E-state index in [0.29, 0.717) is 41.7 Å². The van der Waals surface area contributed by atoms with E-state index in [1.807, 2.05) is 53.6 Å². The van der Waals surface area contributed by atoms with Gasteiger partial charge in [-0.2, -0.15) is 0 Å². The molecule has 2 heterocycles. The summed E-state index contributed by atoms with van der Waals surface area (Å²) in [4.78, 5) is 24.9. The molecular weight excluding hydrogens is 505 g/mol. The van der Waals surface area contributed by atoms with Crippen molar-refractivity contribution in [3.8, 4) is 11.3 Å². The predicted molar refractivity (Wildman–Crippen MR) is 150 cm³/mol. The number of hydrogen-bond donors (Lipinski definition) is 1. The van der Waals surface area contributed by atoms with Gasteiger partial charge in [0.25, 0.3) is 5.91 Å². The molecule has 1 amide bonds. The second-order valence-corrected chi connectivity index (χ2v) is 10.1. The fourth-order valence-electron chi connectivity index (χ4n) is 4.49. The van der Waals surface area contributed by atoms with Crippen molar-refractivity contribution in [3.63, 3.8) is 0 Å². The van der Waals surface area contributed by atoms with E-state index < -0.39 is 0 Å². The van der Waals surface area contributed by atoms with E-state index in [-0.39, 0.29) is 17.9 Å². The Bertz CT molecular complexity index is 1340. The highest BCUT2D eigenvalue weighted by Crippen LogP contribution is 2.33. The summed E-state index contributed by atoms with van der Waals surface area (Å²) in [6, 6.07) is 19.2. The largest absolute Gasteiger partial charge is 0.330 e. The molecule has 0 spiro atoms. The van der Waals surface area contributed by atoms with Crippen LogP contribution < -0.4 is 5.73 Å². The smallest absolute Gasteiger partial charge is 0.256 e. The van der Waals surface area contributed by atoms with Crippen molar-refractivity contribution in [1.29, 1.82) is 0 Å². The lowest BCUT2D eigenvalue weighted by Gasteiger charge is -2.34. The highest BCUT2D eigenvalue weighted by Gasteiger charge is 2.33. The fourth-order valence-corrected chi connectivity index (χ4v) is 4.88. The number of rotatable bonds is 10. The summed E-state index contributed by atoms with van der Waals surface area (Å²) in [7, 11) is 0. The average molecular weight is 537 g/mol. The van der Waals surface area contributed by atoms with E-state index in [0.717, 1.165) is 22.6 Å². The first kappa shape index (κ1) is 26.9. The summed E-state index contributed by atoms with van der Waals surface area (Å²) < 4.78 is 2.13. The number of carbonyl (C=O) groups excluding carboxylic acids is 1. The maximum atomic E-state index is 13.9. The summed E-state index contributed by atoms with van der Waals surface area (Å²) >= 11 is 12.7. The Kier molecular flexibility index (Phi) is 8.98. The van der Waals surface area contributed by atoms with Gasteiger partial charge in [0.2, 0.25) is 0 Å². The molecule has 8 heteroatoms. The van der Waals surface area contributed by atoms with Crippen LogP contribution in [0.2, 0.25) is 10.0 Å². The third-order valence-electron chi connectivity index (χ3n) is 6.22. The number of benzene rings is 2. The lowest BCUT2D eigenvalue weighted by atomic mass is 9.99. The van der Waals surface area contributed by atoms with E-state index in [9.17, 15) is 4.79 Å². The second kappa shape index (κ2) is 12.4. The van der Waals surface area contributed by atoms with Crippen LogP contribution in [-0.2, 0) is 6.54 Å². The van der Waals surface area contributed by atoms with Gasteiger partial charge in [0, 0.05) is 42.3 Å². The monoisotopic (exact) mass is 535 g/mol. The molecule has 2 aromatic heterocycles. The molecule has 0 saturated carbocycles. The first-order chi connectivity index (χ1) is 17.9. The van der Waals surface area contributed by atoms with Gasteiger partial charge in [-0.05, 0) is 42.6 Å². The highest BCUT2D eigenvalue weighted by molar-refractivity contribution is 6.33. The molecule has 4 rings (SSSR count). The zero-order valence-electron chi connectivity index (χ0n) is 21.0. The number of hydrogen-bond acceptors (Lipinski definition) is 4. The van der Waals surface area contributed by atoms with E-state index in [1.165, 1.54) is 6.20 Å². The van der Waals surface area contributed by atoms with Crippen LogP contribution in [0, 0.1) is 5.92 Å². The van der Waals surface area contributed by atoms with E-state index in [1.54, 1.807) is 12.3 Å². The molecule has 0 aliphatic rings. The van der Waals surface area contributed by atoms with Crippen LogP contribution in [0.25, 0.3) is 11.3 Å². The Hall–Kier alpha value is -3.19. The lowest BCUT2D eigenvalue weighted by Crippen LogP contribution is -2.40. The number of nitrogens with two attached hydrogens (primary N) is 1. The Morgan fingerprint density at radius 3 is 2.54 bits per heavy atom. The van der Waals surface area contributed by atoms with Gasteiger partial charge in [-0.15, -0.1) is 0 Å². The van der Waals surface area contributed by atoms with Gasteiger partial charge < -0.3 is 15.2 Å². The number of carbonyl (C=O) groups is 1. The van der Waals surface area contributed by atoms with Crippen LogP contribution in [-0.4, -0.2) is 38.4 Å². The van der Waals surface area contributed by atoms with Crippen LogP contribution >= 0.6 is 23.2 Å². The molecule has 0 aliphatic carbocycles. The Morgan fingerprint density at radius 1 is 1.08 bits per heavy atom. The molecule has 2 N–H and O–H groups in total. The number of nitrogens with zero attached hydrogens (tertiary/aromatic N) is 4. The van der Waals surface area contributed by atoms with Crippen LogP contribution in [0.15, 0.2) is 79.3 Å². The van der Waals surface area contributed by atoms with Crippen LogP contribution in [0.3, 0.4) is 0 Å². The molecule has 0 radical (unpaired) electrons. The van der Waals surface area contributed by atoms with Crippen molar-refractivity contribution >= 4 is 29.1 Å². The highest BCUT2D eigenvalue weighted by atomic mass is 35.5. The predicted octanol–water partition coefficient (Wildman–Crippen LogP) is 6.49. The normalized spacial score (nSPS) is 12.1. The number of amides is 1. The Labute approximate surface area is 228 Å². The van der Waals surface area contributed by atoms with Gasteiger partial charge >= 0.3 is 0 Å². The van der Waals surface area contributed by atoms with Crippen molar-refractivity contribution in [2.75, 3.05) is 13.1 Å². The van der Waals surface area contributed by atoms with Crippen molar-refractivity contribution in [1.82, 2.24) is 19.4 Å². The van der Waals surface area contributed by atoms with E-state index >= 15 is 0 Å². The third-order valence-corrected chi connectivity index (χ3v) is 6.76. The quantitative estimate of drug-likeness (QED) is 0.251. The minimum Gasteiger partial charge on any atom is -0.330 e. The van der Waals surface area contributed by atoms with Gasteiger partial charge in [0.1, 0.15) is 5.82 Å². The van der Waals surface area contributed by atoms with Crippen LogP contribution in [0.5, 0.6) is 0 Å². The topological polar surface area (TPSA) is 77.0 Å². The second-order valence-electron chi connectivity index (χ2n) is 9.29. The molecule has 2 aromatic carbocycles. The summed E-state index contributed by atoms with van der Waals surface area (Å²) in [5.41, 5.74) is 9.14. The minimum absolute atomic E-state index is 0.0615. The molecule has 0 fully saturated rings. The first-order valence-electron chi connectivity index (χ1n) is 12.4. The molecule has 6 nitrogen and oxygen atoms in total. The van der Waals surface area contributed by atoms with Gasteiger partial charge in [-0.25, -0.2) is 4.98 Å². The maximum Gasteiger partial charge on any atom is 0.256 e. The molecule has 37 heavy (non-hydrogen) atoms. The van der Waals surface area contributed by atoms with Crippen molar-refractivity contribution in [2.24, 2.45) is 11.7 Å². The van der Waals surface area contributed by atoms with Gasteiger partial charge in [0.05, 0.1) is 22.3 Å². The maximum absolute atomic E-state index is 13.9. The van der Waals surface area contributed by atoms with Crippen molar-refractivity contribution in [3.05, 3.63) is 106 Å². The molecule has 0 bridgehead atoms. The zero-order chi connectivity index (χ0) is 26.4. The molecular formula is C29H31Cl2N5O. The minimum atomic E-state index is -0.320. The lowest BCUT2D eigenvalue weighted by molar-refractivity contribution is 0.0604. The van der Waals surface area contributed by atoms with Crippen LogP contribution in [0.1, 0.15) is 48.1 Å². The Morgan fingerprint density at radius 2 is 1.86 bits per heavy atom. The average Bonchev–Trinajstić information content (AvgIpc) is 3.29. The standard InChI is InChI=1S/C29H31Cl2N5O/c1-20(2)27(36(15-7-13-32)29(37)24-12-14-33-17-25(24)31)28-34-26(22-10-6-11-23(30)16-22)19-35(28)18-21-8-4-3-5-9-21/h3-6,8-12,14,16-17,19-20,27H,7,13,15,18,32H2,1-2H3/t27-/m1/s1. The van der Waals surface area contributed by atoms with Gasteiger partial charge in [-0.1, -0.05) is 79.5 Å². The third kappa shape index (κ3) is 6.39. The molecule has 0 aliphatic heterocycles. The van der Waals surface area contributed by atoms with Gasteiger partial charge in [0.15, 0.2) is 0 Å². The van der Waals surface area contributed by atoms with E-state index in [4.69, 9.17) is 33.9 Å². The van der Waals surface area contributed by atoms with Crippen molar-refractivity contribution in [2.45, 2.75) is 32.9 Å². The summed E-state index contributed by atoms with van der Waals surface area (Å²) in [6.07, 6.45) is 5.76. The summed E-state index contributed by atoms with van der Waals surface area (Å²) in [5, 5.41) is 0.962. The fraction of sp³-hybridized carbons (Fsp3) is 0.276. The molecule has 192 valence electrons. The Balaban J connectivity index is 1.84. The zero-order valence-corrected chi connectivity index (χ0v) is 22.5. The first-order valence-corrected chi connectivity index (χ1v) is 13.1. The molecule has 0 unspecified atom stereocenters. The van der Waals surface area contributed by atoms with Crippen LogP contribution in [0.4, 0.5) is 0 Å². The number of aromatic nitrogens is 3. The molecule has 4 aromatic rings. The van der Waals surface area contributed by atoms with E-state index in [2.05, 4.69) is 35.5 Å². The summed E-state index contributed by atoms with van der Waals surface area (Å²) in [5.74, 6) is 0.689. The number of halogens is 2. The van der Waals surface area contributed by atoms with Crippen molar-refractivity contribution < 1.29 is 4.79 Å². The number of imidazole rings is 1. The molecule has 1 atom stereocenters.